The first-order valence-corrected chi connectivity index (χ1v) is 6.99. The van der Waals surface area contributed by atoms with Gasteiger partial charge in [-0.05, 0) is 47.9 Å². The van der Waals surface area contributed by atoms with E-state index in [1.54, 1.807) is 11.9 Å². The molecule has 0 aliphatic rings. The predicted molar refractivity (Wildman–Crippen MR) is 81.6 cm³/mol. The third kappa shape index (κ3) is 4.68. The fraction of sp³-hybridized carbons (Fsp3) is 0.125. The molecule has 2 rings (SSSR count). The van der Waals surface area contributed by atoms with Crippen LogP contribution in [0.1, 0.15) is 12.0 Å². The van der Waals surface area contributed by atoms with Crippen LogP contribution < -0.4 is 4.72 Å². The maximum atomic E-state index is 3.27. The fourth-order valence-electron chi connectivity index (χ4n) is 1.62. The Morgan fingerprint density at radius 2 is 1.56 bits per heavy atom. The van der Waals surface area contributed by atoms with E-state index in [0.29, 0.717) is 0 Å². The number of aryl methyl sites for hydroxylation is 1. The number of nitrogens with one attached hydrogen (secondary N) is 1. The van der Waals surface area contributed by atoms with Crippen molar-refractivity contribution >= 4 is 17.6 Å². The van der Waals surface area contributed by atoms with Crippen molar-refractivity contribution in [3.05, 3.63) is 77.7 Å². The van der Waals surface area contributed by atoms with E-state index in [-0.39, 0.29) is 0 Å². The molecular weight excluding hydrogens is 238 g/mol. The van der Waals surface area contributed by atoms with E-state index in [1.165, 1.54) is 5.56 Å². The molecule has 0 amide bonds. The van der Waals surface area contributed by atoms with Gasteiger partial charge in [0, 0.05) is 5.69 Å². The van der Waals surface area contributed by atoms with Crippen molar-refractivity contribution in [1.29, 1.82) is 0 Å². The molecule has 0 atom stereocenters. The van der Waals surface area contributed by atoms with Crippen LogP contribution in [0.15, 0.2) is 72.1 Å². The Kier molecular flexibility index (Phi) is 5.41. The third-order valence-corrected chi connectivity index (χ3v) is 3.24. The van der Waals surface area contributed by atoms with Crippen LogP contribution in [0.4, 0.5) is 5.69 Å². The summed E-state index contributed by atoms with van der Waals surface area (Å²) in [5.41, 5.74) is 2.53. The third-order valence-electron chi connectivity index (χ3n) is 2.56. The zero-order valence-electron chi connectivity index (χ0n) is 10.3. The molecule has 0 aromatic heterocycles. The van der Waals surface area contributed by atoms with Crippen molar-refractivity contribution in [3.8, 4) is 0 Å². The minimum Gasteiger partial charge on any atom is -0.326 e. The maximum Gasteiger partial charge on any atom is 0.0442 e. The predicted octanol–water partition coefficient (Wildman–Crippen LogP) is 4.89. The normalized spacial score (nSPS) is 10.7. The van der Waals surface area contributed by atoms with Gasteiger partial charge in [-0.1, -0.05) is 54.6 Å². The van der Waals surface area contributed by atoms with E-state index in [1.807, 2.05) is 18.2 Å². The zero-order chi connectivity index (χ0) is 12.5. The van der Waals surface area contributed by atoms with Crippen LogP contribution in [-0.4, -0.2) is 0 Å². The number of anilines is 1. The van der Waals surface area contributed by atoms with Crippen LogP contribution in [0, 0.1) is 0 Å². The van der Waals surface area contributed by atoms with Crippen molar-refractivity contribution in [2.24, 2.45) is 0 Å². The summed E-state index contributed by atoms with van der Waals surface area (Å²) in [7, 11) is 0. The zero-order valence-corrected chi connectivity index (χ0v) is 11.1. The molecule has 0 aliphatic heterocycles. The van der Waals surface area contributed by atoms with Gasteiger partial charge in [-0.15, -0.1) is 0 Å². The second-order valence-corrected chi connectivity index (χ2v) is 4.69. The summed E-state index contributed by atoms with van der Waals surface area (Å²) in [6.07, 6.45) is 4.38. The summed E-state index contributed by atoms with van der Waals surface area (Å²) >= 11 is 1.61. The van der Waals surface area contributed by atoms with Gasteiger partial charge in [0.15, 0.2) is 0 Å². The average molecular weight is 255 g/mol. The van der Waals surface area contributed by atoms with Gasteiger partial charge < -0.3 is 4.72 Å². The lowest BCUT2D eigenvalue weighted by Gasteiger charge is -2.00. The van der Waals surface area contributed by atoms with Gasteiger partial charge >= 0.3 is 0 Å². The van der Waals surface area contributed by atoms with E-state index in [4.69, 9.17) is 0 Å². The Labute approximate surface area is 113 Å². The fourth-order valence-corrected chi connectivity index (χ4v) is 2.19. The lowest BCUT2D eigenvalue weighted by atomic mass is 10.1. The number of allylic oxidation sites excluding steroid dienone is 1. The molecule has 0 unspecified atom stereocenters. The Hall–Kier alpha value is -1.67. The van der Waals surface area contributed by atoms with Crippen LogP contribution in [0.2, 0.25) is 0 Å². The van der Waals surface area contributed by atoms with Gasteiger partial charge in [0.25, 0.3) is 0 Å². The Bertz CT molecular complexity index is 419. The topological polar surface area (TPSA) is 12.0 Å². The van der Waals surface area contributed by atoms with Gasteiger partial charge in [-0.3, -0.25) is 0 Å². The highest BCUT2D eigenvalue weighted by Crippen LogP contribution is 2.12. The molecule has 2 aromatic rings. The molecule has 0 saturated carbocycles. The molecule has 0 bridgehead atoms. The number of rotatable bonds is 6. The number of benzene rings is 2. The molecule has 2 aromatic carbocycles. The second kappa shape index (κ2) is 7.62. The largest absolute Gasteiger partial charge is 0.326 e. The smallest absolute Gasteiger partial charge is 0.0442 e. The van der Waals surface area contributed by atoms with Gasteiger partial charge in [0.05, 0.1) is 0 Å². The lowest BCUT2D eigenvalue weighted by Crippen LogP contribution is -1.83. The van der Waals surface area contributed by atoms with Crippen LogP contribution in [0.3, 0.4) is 0 Å². The van der Waals surface area contributed by atoms with Crippen molar-refractivity contribution in [2.75, 3.05) is 4.72 Å². The highest BCUT2D eigenvalue weighted by atomic mass is 32.2. The van der Waals surface area contributed by atoms with Gasteiger partial charge in [-0.2, -0.15) is 0 Å². The van der Waals surface area contributed by atoms with Gasteiger partial charge in [-0.25, -0.2) is 0 Å². The molecule has 1 N–H and O–H groups in total. The Balaban J connectivity index is 1.64. The SMILES string of the molecule is C(=C\SNc1ccccc1)/CCc1ccccc1. The summed E-state index contributed by atoms with van der Waals surface area (Å²) in [5.74, 6) is 0. The molecule has 0 radical (unpaired) electrons. The number of hydrogen-bond acceptors (Lipinski definition) is 2. The summed E-state index contributed by atoms with van der Waals surface area (Å²) in [6, 6.07) is 20.8. The minimum absolute atomic E-state index is 1.08. The molecule has 0 fully saturated rings. The maximum absolute atomic E-state index is 3.27. The second-order valence-electron chi connectivity index (χ2n) is 3.98. The van der Waals surface area contributed by atoms with E-state index in [2.05, 4.69) is 58.7 Å². The standard InChI is InChI=1S/C16H17NS/c1-3-9-15(10-4-1)11-7-8-14-18-17-16-12-5-2-6-13-16/h1-6,8-10,12-14,17H,7,11H2/b14-8+. The molecule has 92 valence electrons. The first-order chi connectivity index (χ1) is 8.95. The molecule has 0 heterocycles. The van der Waals surface area contributed by atoms with Crippen LogP contribution in [0.25, 0.3) is 0 Å². The van der Waals surface area contributed by atoms with Crippen LogP contribution >= 0.6 is 11.9 Å². The van der Waals surface area contributed by atoms with E-state index < -0.39 is 0 Å². The lowest BCUT2D eigenvalue weighted by molar-refractivity contribution is 1.00. The van der Waals surface area contributed by atoms with Crippen molar-refractivity contribution < 1.29 is 0 Å². The Morgan fingerprint density at radius 1 is 0.889 bits per heavy atom. The minimum atomic E-state index is 1.08. The molecule has 18 heavy (non-hydrogen) atoms. The van der Waals surface area contributed by atoms with Crippen LogP contribution in [-0.2, 0) is 6.42 Å². The first-order valence-electron chi connectivity index (χ1n) is 6.11. The van der Waals surface area contributed by atoms with Crippen molar-refractivity contribution in [3.63, 3.8) is 0 Å². The molecule has 0 aliphatic carbocycles. The summed E-state index contributed by atoms with van der Waals surface area (Å²) < 4.78 is 3.27. The average Bonchev–Trinajstić information content (AvgIpc) is 2.45. The van der Waals surface area contributed by atoms with Crippen LogP contribution in [0.5, 0.6) is 0 Å². The molecule has 1 nitrogen and oxygen atoms in total. The highest BCUT2D eigenvalue weighted by molar-refractivity contribution is 8.03. The molecule has 0 spiro atoms. The highest BCUT2D eigenvalue weighted by Gasteiger charge is 1.89. The Morgan fingerprint density at radius 3 is 2.28 bits per heavy atom. The number of hydrogen-bond donors (Lipinski definition) is 1. The van der Waals surface area contributed by atoms with E-state index in [0.717, 1.165) is 18.5 Å². The van der Waals surface area contributed by atoms with Gasteiger partial charge in [0.1, 0.15) is 0 Å². The van der Waals surface area contributed by atoms with Crippen molar-refractivity contribution in [2.45, 2.75) is 12.8 Å². The molecule has 2 heteroatoms. The summed E-state index contributed by atoms with van der Waals surface area (Å²) in [4.78, 5) is 0. The van der Waals surface area contributed by atoms with Crippen molar-refractivity contribution in [1.82, 2.24) is 0 Å². The number of para-hydroxylation sites is 1. The van der Waals surface area contributed by atoms with E-state index >= 15 is 0 Å². The van der Waals surface area contributed by atoms with Gasteiger partial charge in [0.2, 0.25) is 0 Å². The summed E-state index contributed by atoms with van der Waals surface area (Å²) in [5, 5.41) is 2.11. The molecule has 0 saturated heterocycles. The quantitative estimate of drug-likeness (QED) is 0.737. The molecular formula is C16H17NS. The van der Waals surface area contributed by atoms with E-state index in [9.17, 15) is 0 Å². The monoisotopic (exact) mass is 255 g/mol. The summed E-state index contributed by atoms with van der Waals surface area (Å²) in [6.45, 7) is 0. The first kappa shape index (κ1) is 12.8.